The smallest absolute Gasteiger partial charge is 0.315 e. The van der Waals surface area contributed by atoms with E-state index in [4.69, 9.17) is 0 Å². The highest BCUT2D eigenvalue weighted by Crippen LogP contribution is 2.40. The summed E-state index contributed by atoms with van der Waals surface area (Å²) >= 11 is 0. The molecule has 3 aromatic rings. The molecular weight excluding hydrogens is 309 g/mol. The Hall–Kier alpha value is -2.96. The van der Waals surface area contributed by atoms with Crippen molar-refractivity contribution in [1.82, 2.24) is 25.2 Å². The zero-order valence-electron chi connectivity index (χ0n) is 12.8. The van der Waals surface area contributed by atoms with Gasteiger partial charge < -0.3 is 10.6 Å². The van der Waals surface area contributed by atoms with Crippen molar-refractivity contribution >= 4 is 11.7 Å². The van der Waals surface area contributed by atoms with Gasteiger partial charge in [0.2, 0.25) is 0 Å². The number of urea groups is 1. The highest BCUT2D eigenvalue weighted by Gasteiger charge is 2.39. The third kappa shape index (κ3) is 2.92. The summed E-state index contributed by atoms with van der Waals surface area (Å²) in [6, 6.07) is 11.9. The van der Waals surface area contributed by atoms with Gasteiger partial charge >= 0.3 is 6.03 Å². The molecule has 0 spiro atoms. The van der Waals surface area contributed by atoms with Gasteiger partial charge in [-0.15, -0.1) is 10.2 Å². The third-order valence-electron chi connectivity index (χ3n) is 4.18. The van der Waals surface area contributed by atoms with E-state index in [1.165, 1.54) is 12.1 Å². The van der Waals surface area contributed by atoms with Crippen LogP contribution in [0.5, 0.6) is 0 Å². The number of pyridine rings is 1. The van der Waals surface area contributed by atoms with Crippen LogP contribution in [0.15, 0.2) is 48.7 Å². The van der Waals surface area contributed by atoms with Crippen molar-refractivity contribution in [2.24, 2.45) is 0 Å². The Bertz CT molecular complexity index is 893. The van der Waals surface area contributed by atoms with Gasteiger partial charge in [0.15, 0.2) is 11.5 Å². The second-order valence-electron chi connectivity index (χ2n) is 5.88. The molecule has 1 saturated carbocycles. The first-order valence-electron chi connectivity index (χ1n) is 7.79. The Morgan fingerprint density at radius 1 is 1.25 bits per heavy atom. The fraction of sp³-hybridized carbons (Fsp3) is 0.235. The standard InChI is InChI=1S/C17H16FN5O/c18-12-5-3-4-11(8-12)13-9-14(13)20-17(24)19-10-16-22-21-15-6-1-2-7-23(15)16/h1-8,13-14H,9-10H2,(H2,19,20,24). The largest absolute Gasteiger partial charge is 0.335 e. The molecule has 2 N–H and O–H groups in total. The molecule has 2 atom stereocenters. The first-order valence-corrected chi connectivity index (χ1v) is 7.79. The van der Waals surface area contributed by atoms with Crippen molar-refractivity contribution in [2.45, 2.75) is 24.9 Å². The summed E-state index contributed by atoms with van der Waals surface area (Å²) in [5.74, 6) is 0.597. The Kier molecular flexibility index (Phi) is 3.60. The molecular formula is C17H16FN5O. The molecule has 4 rings (SSSR count). The van der Waals surface area contributed by atoms with Crippen LogP contribution in [0.4, 0.5) is 9.18 Å². The van der Waals surface area contributed by atoms with Gasteiger partial charge in [-0.25, -0.2) is 9.18 Å². The minimum atomic E-state index is -0.258. The Morgan fingerprint density at radius 2 is 2.17 bits per heavy atom. The fourth-order valence-corrected chi connectivity index (χ4v) is 2.85. The number of hydrogen-bond acceptors (Lipinski definition) is 3. The highest BCUT2D eigenvalue weighted by molar-refractivity contribution is 5.74. The topological polar surface area (TPSA) is 71.3 Å². The van der Waals surface area contributed by atoms with Crippen LogP contribution >= 0.6 is 0 Å². The number of benzene rings is 1. The monoisotopic (exact) mass is 325 g/mol. The van der Waals surface area contributed by atoms with E-state index in [0.29, 0.717) is 5.82 Å². The van der Waals surface area contributed by atoms with E-state index < -0.39 is 0 Å². The van der Waals surface area contributed by atoms with Gasteiger partial charge in [-0.05, 0) is 36.2 Å². The molecule has 0 saturated heterocycles. The van der Waals surface area contributed by atoms with Crippen LogP contribution in [-0.4, -0.2) is 26.7 Å². The maximum Gasteiger partial charge on any atom is 0.315 e. The van der Waals surface area contributed by atoms with E-state index in [9.17, 15) is 9.18 Å². The Morgan fingerprint density at radius 3 is 3.04 bits per heavy atom. The van der Waals surface area contributed by atoms with Crippen molar-refractivity contribution in [1.29, 1.82) is 0 Å². The summed E-state index contributed by atoms with van der Waals surface area (Å²) in [6.45, 7) is 0.286. The van der Waals surface area contributed by atoms with Gasteiger partial charge in [-0.3, -0.25) is 4.40 Å². The molecule has 1 aliphatic carbocycles. The van der Waals surface area contributed by atoms with Crippen molar-refractivity contribution in [3.8, 4) is 0 Å². The summed E-state index contributed by atoms with van der Waals surface area (Å²) in [5, 5.41) is 13.8. The van der Waals surface area contributed by atoms with Crippen molar-refractivity contribution < 1.29 is 9.18 Å². The summed E-state index contributed by atoms with van der Waals surface area (Å²) < 4.78 is 15.1. The molecule has 0 bridgehead atoms. The van der Waals surface area contributed by atoms with Crippen molar-refractivity contribution in [2.75, 3.05) is 0 Å². The number of nitrogens with zero attached hydrogens (tertiary/aromatic N) is 3. The number of aromatic nitrogens is 3. The van der Waals surface area contributed by atoms with Crippen molar-refractivity contribution in [3.63, 3.8) is 0 Å². The molecule has 2 heterocycles. The molecule has 1 fully saturated rings. The minimum absolute atomic E-state index is 0.0435. The minimum Gasteiger partial charge on any atom is -0.335 e. The lowest BCUT2D eigenvalue weighted by molar-refractivity contribution is 0.239. The number of rotatable bonds is 4. The van der Waals surface area contributed by atoms with Gasteiger partial charge in [0, 0.05) is 18.2 Å². The molecule has 1 aliphatic rings. The first kappa shape index (κ1) is 14.6. The number of carbonyl (C=O) groups excluding carboxylic acids is 1. The van der Waals surface area contributed by atoms with E-state index in [-0.39, 0.29) is 30.4 Å². The number of nitrogens with one attached hydrogen (secondary N) is 2. The predicted molar refractivity (Wildman–Crippen MR) is 85.9 cm³/mol. The Labute approximate surface area is 137 Å². The zero-order valence-corrected chi connectivity index (χ0v) is 12.8. The maximum absolute atomic E-state index is 13.2. The van der Waals surface area contributed by atoms with Gasteiger partial charge in [0.05, 0.1) is 6.54 Å². The fourth-order valence-electron chi connectivity index (χ4n) is 2.85. The molecule has 2 aromatic heterocycles. The van der Waals surface area contributed by atoms with Crippen LogP contribution in [0.3, 0.4) is 0 Å². The predicted octanol–water partition coefficient (Wildman–Crippen LogP) is 2.22. The lowest BCUT2D eigenvalue weighted by Crippen LogP contribution is -2.37. The average molecular weight is 325 g/mol. The normalized spacial score (nSPS) is 19.2. The second-order valence-corrected chi connectivity index (χ2v) is 5.88. The van der Waals surface area contributed by atoms with Gasteiger partial charge in [0.1, 0.15) is 5.82 Å². The number of fused-ring (bicyclic) bond motifs is 1. The molecule has 7 heteroatoms. The summed E-state index contributed by atoms with van der Waals surface area (Å²) in [5.41, 5.74) is 1.66. The van der Waals surface area contributed by atoms with E-state index in [1.54, 1.807) is 6.07 Å². The lowest BCUT2D eigenvalue weighted by atomic mass is 10.1. The van der Waals surface area contributed by atoms with E-state index in [2.05, 4.69) is 20.8 Å². The summed E-state index contributed by atoms with van der Waals surface area (Å²) in [4.78, 5) is 12.0. The molecule has 24 heavy (non-hydrogen) atoms. The van der Waals surface area contributed by atoms with Crippen LogP contribution in [-0.2, 0) is 6.54 Å². The second kappa shape index (κ2) is 5.92. The van der Waals surface area contributed by atoms with Gasteiger partial charge in [-0.2, -0.15) is 0 Å². The number of halogens is 1. The Balaban J connectivity index is 1.32. The molecule has 1 aromatic carbocycles. The van der Waals surface area contributed by atoms with E-state index >= 15 is 0 Å². The summed E-state index contributed by atoms with van der Waals surface area (Å²) in [6.07, 6.45) is 2.68. The molecule has 2 unspecified atom stereocenters. The zero-order chi connectivity index (χ0) is 16.5. The van der Waals surface area contributed by atoms with Crippen LogP contribution in [0, 0.1) is 5.82 Å². The van der Waals surface area contributed by atoms with Gasteiger partial charge in [-0.1, -0.05) is 18.2 Å². The molecule has 0 radical (unpaired) electrons. The summed E-state index contributed by atoms with van der Waals surface area (Å²) in [7, 11) is 0. The average Bonchev–Trinajstić information content (AvgIpc) is 3.22. The highest BCUT2D eigenvalue weighted by atomic mass is 19.1. The lowest BCUT2D eigenvalue weighted by Gasteiger charge is -2.07. The number of amides is 2. The van der Waals surface area contributed by atoms with Gasteiger partial charge in [0.25, 0.3) is 0 Å². The van der Waals surface area contributed by atoms with Crippen LogP contribution in [0.25, 0.3) is 5.65 Å². The molecule has 122 valence electrons. The van der Waals surface area contributed by atoms with Crippen molar-refractivity contribution in [3.05, 3.63) is 65.9 Å². The number of carbonyl (C=O) groups is 1. The van der Waals surface area contributed by atoms with E-state index in [1.807, 2.05) is 34.9 Å². The SMILES string of the molecule is O=C(NCc1nnc2ccccn12)NC1CC1c1cccc(F)c1. The van der Waals surface area contributed by atoms with Crippen LogP contribution < -0.4 is 10.6 Å². The molecule has 0 aliphatic heterocycles. The maximum atomic E-state index is 13.2. The first-order chi connectivity index (χ1) is 11.7. The third-order valence-corrected chi connectivity index (χ3v) is 4.18. The number of hydrogen-bond donors (Lipinski definition) is 2. The molecule has 2 amide bonds. The van der Waals surface area contributed by atoms with Crippen LogP contribution in [0.2, 0.25) is 0 Å². The molecule has 6 nitrogen and oxygen atoms in total. The van der Waals surface area contributed by atoms with E-state index in [0.717, 1.165) is 17.6 Å². The van der Waals surface area contributed by atoms with Crippen LogP contribution in [0.1, 0.15) is 23.7 Å². The quantitative estimate of drug-likeness (QED) is 0.773.